The summed E-state index contributed by atoms with van der Waals surface area (Å²) in [5.41, 5.74) is 2.59. The van der Waals surface area contributed by atoms with Crippen LogP contribution in [0.15, 0.2) is 66.9 Å². The number of ether oxygens (including phenoxy) is 1. The number of carbonyl (C=O) groups is 2. The van der Waals surface area contributed by atoms with Gasteiger partial charge in [0.1, 0.15) is 11.4 Å². The van der Waals surface area contributed by atoms with Crippen LogP contribution in [0.4, 0.5) is 5.69 Å². The Morgan fingerprint density at radius 1 is 0.903 bits per heavy atom. The lowest BCUT2D eigenvalue weighted by Crippen LogP contribution is -2.24. The number of hydrogen-bond donors (Lipinski definition) is 1. The molecule has 156 valence electrons. The van der Waals surface area contributed by atoms with Gasteiger partial charge < -0.3 is 14.5 Å². The summed E-state index contributed by atoms with van der Waals surface area (Å²) in [4.78, 5) is 26.1. The fourth-order valence-electron chi connectivity index (χ4n) is 3.25. The van der Waals surface area contributed by atoms with Crippen molar-refractivity contribution in [3.63, 3.8) is 0 Å². The van der Waals surface area contributed by atoms with E-state index in [0.29, 0.717) is 11.3 Å². The van der Waals surface area contributed by atoms with Crippen LogP contribution >= 0.6 is 34.8 Å². The Balaban J connectivity index is 1.76. The minimum Gasteiger partial charge on any atom is -0.497 e. The third-order valence-corrected chi connectivity index (χ3v) is 5.80. The number of amides is 1. The zero-order valence-corrected chi connectivity index (χ0v) is 18.4. The molecule has 0 fully saturated rings. The molecule has 1 N–H and O–H groups in total. The maximum absolute atomic E-state index is 13.2. The number of carbonyl (C=O) groups excluding carboxylic acids is 2. The summed E-state index contributed by atoms with van der Waals surface area (Å²) in [5, 5.41) is 3.16. The van der Waals surface area contributed by atoms with Gasteiger partial charge in [0.15, 0.2) is 0 Å². The Morgan fingerprint density at radius 3 is 2.32 bits per heavy atom. The second-order valence-electron chi connectivity index (χ2n) is 6.66. The van der Waals surface area contributed by atoms with Crippen LogP contribution in [0, 0.1) is 0 Å². The van der Waals surface area contributed by atoms with Crippen molar-refractivity contribution < 1.29 is 14.3 Å². The number of benzene rings is 2. The molecule has 0 aliphatic rings. The van der Waals surface area contributed by atoms with Crippen LogP contribution in [0.25, 0.3) is 16.6 Å². The Hall–Kier alpha value is -2.99. The third-order valence-electron chi connectivity index (χ3n) is 4.76. The van der Waals surface area contributed by atoms with Crippen molar-refractivity contribution in [2.45, 2.75) is 0 Å². The van der Waals surface area contributed by atoms with Crippen molar-refractivity contribution in [1.29, 1.82) is 0 Å². The average molecular weight is 474 g/mol. The number of halogens is 3. The van der Waals surface area contributed by atoms with Crippen LogP contribution in [-0.4, -0.2) is 23.2 Å². The van der Waals surface area contributed by atoms with E-state index in [1.165, 1.54) is 12.1 Å². The van der Waals surface area contributed by atoms with Crippen LogP contribution in [-0.2, 0) is 4.79 Å². The van der Waals surface area contributed by atoms with Gasteiger partial charge in [-0.1, -0.05) is 53.0 Å². The summed E-state index contributed by atoms with van der Waals surface area (Å²) < 4.78 is 6.89. The molecule has 0 atom stereocenters. The van der Waals surface area contributed by atoms with E-state index in [9.17, 15) is 9.59 Å². The lowest BCUT2D eigenvalue weighted by atomic mass is 10.0. The number of methoxy groups -OCH3 is 1. The maximum Gasteiger partial charge on any atom is 0.298 e. The van der Waals surface area contributed by atoms with Gasteiger partial charge in [0, 0.05) is 17.3 Å². The quantitative estimate of drug-likeness (QED) is 0.207. The average Bonchev–Trinajstić information content (AvgIpc) is 3.16. The van der Waals surface area contributed by atoms with Crippen molar-refractivity contribution in [3.8, 4) is 16.9 Å². The van der Waals surface area contributed by atoms with Crippen molar-refractivity contribution in [2.75, 3.05) is 12.4 Å². The molecule has 0 radical (unpaired) electrons. The number of pyridine rings is 1. The number of ketones is 1. The molecule has 2 aromatic carbocycles. The van der Waals surface area contributed by atoms with Gasteiger partial charge in [-0.2, -0.15) is 0 Å². The third kappa shape index (κ3) is 4.12. The van der Waals surface area contributed by atoms with Crippen LogP contribution in [0.5, 0.6) is 5.75 Å². The highest BCUT2D eigenvalue weighted by Crippen LogP contribution is 2.33. The van der Waals surface area contributed by atoms with Gasteiger partial charge in [-0.15, -0.1) is 0 Å². The zero-order valence-electron chi connectivity index (χ0n) is 16.2. The van der Waals surface area contributed by atoms with Crippen molar-refractivity contribution in [2.24, 2.45) is 0 Å². The van der Waals surface area contributed by atoms with E-state index in [1.54, 1.807) is 35.9 Å². The number of rotatable bonds is 5. The number of anilines is 1. The Kier molecular flexibility index (Phi) is 5.92. The van der Waals surface area contributed by atoms with Gasteiger partial charge in [0.05, 0.1) is 27.9 Å². The molecular weight excluding hydrogens is 459 g/mol. The minimum absolute atomic E-state index is 0.172. The molecule has 8 heteroatoms. The summed E-state index contributed by atoms with van der Waals surface area (Å²) >= 11 is 18.1. The molecule has 0 bridgehead atoms. The van der Waals surface area contributed by atoms with Gasteiger partial charge in [-0.3, -0.25) is 9.59 Å². The monoisotopic (exact) mass is 472 g/mol. The topological polar surface area (TPSA) is 59.8 Å². The van der Waals surface area contributed by atoms with Gasteiger partial charge in [-0.25, -0.2) is 0 Å². The van der Waals surface area contributed by atoms with Gasteiger partial charge in [0.2, 0.25) is 0 Å². The van der Waals surface area contributed by atoms with Crippen molar-refractivity contribution in [3.05, 3.63) is 87.6 Å². The summed E-state index contributed by atoms with van der Waals surface area (Å²) in [5.74, 6) is -0.884. The summed E-state index contributed by atoms with van der Waals surface area (Å²) in [7, 11) is 1.58. The number of Topliss-reactive ketones (excluding diaryl/α,β-unsaturated/α-hetero) is 1. The summed E-state index contributed by atoms with van der Waals surface area (Å²) in [6, 6.07) is 17.4. The number of fused-ring (bicyclic) bond motifs is 1. The number of hydrogen-bond acceptors (Lipinski definition) is 3. The highest BCUT2D eigenvalue weighted by atomic mass is 35.5. The predicted octanol–water partition coefficient (Wildman–Crippen LogP) is 6.40. The van der Waals surface area contributed by atoms with E-state index in [4.69, 9.17) is 39.5 Å². The molecule has 0 aliphatic carbocycles. The first-order chi connectivity index (χ1) is 14.9. The first-order valence-electron chi connectivity index (χ1n) is 9.14. The Labute approximate surface area is 193 Å². The second kappa shape index (κ2) is 8.63. The molecule has 4 aromatic rings. The van der Waals surface area contributed by atoms with Crippen LogP contribution in [0.2, 0.25) is 15.1 Å². The molecule has 4 rings (SSSR count). The zero-order chi connectivity index (χ0) is 22.1. The minimum atomic E-state index is -0.848. The largest absolute Gasteiger partial charge is 0.497 e. The van der Waals surface area contributed by atoms with E-state index in [-0.39, 0.29) is 26.4 Å². The highest BCUT2D eigenvalue weighted by molar-refractivity contribution is 6.49. The fourth-order valence-corrected chi connectivity index (χ4v) is 3.84. The molecule has 5 nitrogen and oxygen atoms in total. The van der Waals surface area contributed by atoms with E-state index in [1.807, 2.05) is 30.3 Å². The standard InChI is InChI=1S/C23H15Cl3N2O3/c1-31-15-7-5-13(6-8-15)16-10-14-4-2-3-9-28(14)21(16)22(29)23(30)27-20-12-18(25)17(24)11-19(20)26/h2-12H,1H3,(H,27,30). The van der Waals surface area contributed by atoms with Gasteiger partial charge >= 0.3 is 0 Å². The molecular formula is C23H15Cl3N2O3. The summed E-state index contributed by atoms with van der Waals surface area (Å²) in [6.45, 7) is 0. The molecule has 0 saturated carbocycles. The molecule has 1 amide bonds. The molecule has 31 heavy (non-hydrogen) atoms. The van der Waals surface area contributed by atoms with Crippen molar-refractivity contribution in [1.82, 2.24) is 4.40 Å². The molecule has 2 heterocycles. The van der Waals surface area contributed by atoms with Crippen LogP contribution in [0.1, 0.15) is 10.5 Å². The molecule has 0 unspecified atom stereocenters. The fraction of sp³-hybridized carbons (Fsp3) is 0.0435. The van der Waals surface area contributed by atoms with E-state index >= 15 is 0 Å². The van der Waals surface area contributed by atoms with Gasteiger partial charge in [0.25, 0.3) is 11.7 Å². The number of nitrogens with zero attached hydrogens (tertiary/aromatic N) is 1. The molecule has 2 aromatic heterocycles. The Bertz CT molecular complexity index is 1310. The second-order valence-corrected chi connectivity index (χ2v) is 7.88. The molecule has 0 spiro atoms. The highest BCUT2D eigenvalue weighted by Gasteiger charge is 2.25. The van der Waals surface area contributed by atoms with E-state index in [2.05, 4.69) is 5.32 Å². The van der Waals surface area contributed by atoms with E-state index in [0.717, 1.165) is 11.1 Å². The lowest BCUT2D eigenvalue weighted by molar-refractivity contribution is -0.112. The molecule has 0 aliphatic heterocycles. The number of aromatic nitrogens is 1. The van der Waals surface area contributed by atoms with Crippen LogP contribution < -0.4 is 10.1 Å². The van der Waals surface area contributed by atoms with Crippen molar-refractivity contribution >= 4 is 57.7 Å². The van der Waals surface area contributed by atoms with Crippen LogP contribution in [0.3, 0.4) is 0 Å². The van der Waals surface area contributed by atoms with E-state index < -0.39 is 11.7 Å². The first-order valence-corrected chi connectivity index (χ1v) is 10.3. The van der Waals surface area contributed by atoms with Gasteiger partial charge in [-0.05, 0) is 48.0 Å². The first kappa shape index (κ1) is 21.2. The predicted molar refractivity (Wildman–Crippen MR) is 124 cm³/mol. The lowest BCUT2D eigenvalue weighted by Gasteiger charge is -2.10. The smallest absolute Gasteiger partial charge is 0.298 e. The Morgan fingerprint density at radius 2 is 1.61 bits per heavy atom. The maximum atomic E-state index is 13.2. The summed E-state index contributed by atoms with van der Waals surface area (Å²) in [6.07, 6.45) is 1.73. The number of nitrogens with one attached hydrogen (secondary N) is 1. The SMILES string of the molecule is COc1ccc(-c2cc3ccccn3c2C(=O)C(=O)Nc2cc(Cl)c(Cl)cc2Cl)cc1. The normalized spacial score (nSPS) is 10.8. The molecule has 0 saturated heterocycles.